The Morgan fingerprint density at radius 3 is 2.50 bits per heavy atom. The van der Waals surface area contributed by atoms with E-state index in [1.54, 1.807) is 0 Å². The SMILES string of the molecule is CN(C)CCNCCOc1ccc(Cl)cc1. The van der Waals surface area contributed by atoms with Crippen molar-refractivity contribution in [3.05, 3.63) is 29.3 Å². The molecule has 90 valence electrons. The fraction of sp³-hybridized carbons (Fsp3) is 0.500. The molecule has 1 rings (SSSR count). The fourth-order valence-corrected chi connectivity index (χ4v) is 1.33. The van der Waals surface area contributed by atoms with E-state index in [0.717, 1.165) is 30.4 Å². The Morgan fingerprint density at radius 1 is 1.19 bits per heavy atom. The second-order valence-corrected chi connectivity index (χ2v) is 4.29. The molecule has 16 heavy (non-hydrogen) atoms. The van der Waals surface area contributed by atoms with E-state index in [1.807, 2.05) is 24.3 Å². The van der Waals surface area contributed by atoms with Crippen LogP contribution < -0.4 is 10.1 Å². The number of rotatable bonds is 7. The molecule has 0 fully saturated rings. The number of nitrogens with zero attached hydrogens (tertiary/aromatic N) is 1. The van der Waals surface area contributed by atoms with Crippen molar-refractivity contribution in [3.8, 4) is 5.75 Å². The van der Waals surface area contributed by atoms with Gasteiger partial charge in [0.05, 0.1) is 0 Å². The Kier molecular flexibility index (Phi) is 6.23. The Labute approximate surface area is 102 Å². The van der Waals surface area contributed by atoms with Gasteiger partial charge in [-0.15, -0.1) is 0 Å². The third kappa shape index (κ3) is 5.95. The molecule has 0 unspecified atom stereocenters. The highest BCUT2D eigenvalue weighted by Crippen LogP contribution is 2.14. The maximum Gasteiger partial charge on any atom is 0.119 e. The van der Waals surface area contributed by atoms with E-state index in [0.29, 0.717) is 6.61 Å². The first-order valence-corrected chi connectivity index (χ1v) is 5.80. The van der Waals surface area contributed by atoms with E-state index >= 15 is 0 Å². The molecule has 0 aromatic heterocycles. The van der Waals surface area contributed by atoms with Crippen molar-refractivity contribution in [3.63, 3.8) is 0 Å². The number of likely N-dealkylation sites (N-methyl/N-ethyl adjacent to an activating group) is 1. The standard InChI is InChI=1S/C12H19ClN2O/c1-15(2)9-7-14-8-10-16-12-5-3-11(13)4-6-12/h3-6,14H,7-10H2,1-2H3. The summed E-state index contributed by atoms with van der Waals surface area (Å²) in [5, 5.41) is 4.04. The largest absolute Gasteiger partial charge is 0.492 e. The third-order valence-corrected chi connectivity index (χ3v) is 2.35. The molecular weight excluding hydrogens is 224 g/mol. The molecule has 0 radical (unpaired) electrons. The van der Waals surface area contributed by atoms with Gasteiger partial charge in [0.25, 0.3) is 0 Å². The lowest BCUT2D eigenvalue weighted by Gasteiger charge is -2.11. The van der Waals surface area contributed by atoms with E-state index in [-0.39, 0.29) is 0 Å². The van der Waals surface area contributed by atoms with Crippen LogP contribution >= 0.6 is 11.6 Å². The number of halogens is 1. The Balaban J connectivity index is 2.05. The van der Waals surface area contributed by atoms with Crippen LogP contribution in [0.5, 0.6) is 5.75 Å². The van der Waals surface area contributed by atoms with Crippen LogP contribution in [0.4, 0.5) is 0 Å². The highest BCUT2D eigenvalue weighted by Gasteiger charge is 1.94. The molecule has 0 spiro atoms. The molecule has 0 bridgehead atoms. The molecule has 1 aromatic carbocycles. The number of hydrogen-bond acceptors (Lipinski definition) is 3. The molecule has 0 aliphatic heterocycles. The number of nitrogens with one attached hydrogen (secondary N) is 1. The second kappa shape index (κ2) is 7.49. The quantitative estimate of drug-likeness (QED) is 0.739. The molecule has 1 N–H and O–H groups in total. The lowest BCUT2D eigenvalue weighted by Crippen LogP contribution is -2.29. The lowest BCUT2D eigenvalue weighted by atomic mass is 10.3. The molecule has 0 amide bonds. The van der Waals surface area contributed by atoms with Gasteiger partial charge in [0.1, 0.15) is 12.4 Å². The molecule has 0 saturated heterocycles. The van der Waals surface area contributed by atoms with Gasteiger partial charge >= 0.3 is 0 Å². The van der Waals surface area contributed by atoms with Gasteiger partial charge in [-0.25, -0.2) is 0 Å². The summed E-state index contributed by atoms with van der Waals surface area (Å²) in [6.45, 7) is 3.56. The summed E-state index contributed by atoms with van der Waals surface area (Å²) in [5.41, 5.74) is 0. The van der Waals surface area contributed by atoms with Crippen LogP contribution in [0.3, 0.4) is 0 Å². The van der Waals surface area contributed by atoms with E-state index in [2.05, 4.69) is 24.3 Å². The van der Waals surface area contributed by atoms with Crippen molar-refractivity contribution in [1.29, 1.82) is 0 Å². The zero-order valence-electron chi connectivity index (χ0n) is 9.87. The molecule has 4 heteroatoms. The van der Waals surface area contributed by atoms with Crippen LogP contribution in [-0.2, 0) is 0 Å². The van der Waals surface area contributed by atoms with Gasteiger partial charge in [-0.1, -0.05) is 11.6 Å². The van der Waals surface area contributed by atoms with Crippen LogP contribution in [-0.4, -0.2) is 45.2 Å². The predicted molar refractivity (Wildman–Crippen MR) is 68.4 cm³/mol. The zero-order chi connectivity index (χ0) is 11.8. The normalized spacial score (nSPS) is 10.8. The minimum Gasteiger partial charge on any atom is -0.492 e. The van der Waals surface area contributed by atoms with Crippen LogP contribution in [0.1, 0.15) is 0 Å². The summed E-state index contributed by atoms with van der Waals surface area (Å²) in [5.74, 6) is 0.860. The highest BCUT2D eigenvalue weighted by atomic mass is 35.5. The summed E-state index contributed by atoms with van der Waals surface area (Å²) in [7, 11) is 4.12. The third-order valence-electron chi connectivity index (χ3n) is 2.10. The summed E-state index contributed by atoms with van der Waals surface area (Å²) in [6.07, 6.45) is 0. The summed E-state index contributed by atoms with van der Waals surface area (Å²) in [4.78, 5) is 2.15. The summed E-state index contributed by atoms with van der Waals surface area (Å²) < 4.78 is 5.53. The zero-order valence-corrected chi connectivity index (χ0v) is 10.6. The molecular formula is C12H19ClN2O. The van der Waals surface area contributed by atoms with E-state index in [1.165, 1.54) is 0 Å². The van der Waals surface area contributed by atoms with Crippen molar-refractivity contribution in [1.82, 2.24) is 10.2 Å². The Hall–Kier alpha value is -0.770. The van der Waals surface area contributed by atoms with Gasteiger partial charge in [0.15, 0.2) is 0 Å². The highest BCUT2D eigenvalue weighted by molar-refractivity contribution is 6.30. The van der Waals surface area contributed by atoms with Crippen LogP contribution in [0.25, 0.3) is 0 Å². The van der Waals surface area contributed by atoms with Crippen molar-refractivity contribution in [2.75, 3.05) is 40.3 Å². The van der Waals surface area contributed by atoms with E-state index < -0.39 is 0 Å². The van der Waals surface area contributed by atoms with Gasteiger partial charge < -0.3 is 15.0 Å². The maximum absolute atomic E-state index is 5.77. The number of ether oxygens (including phenoxy) is 1. The average Bonchev–Trinajstić information content (AvgIpc) is 2.25. The predicted octanol–water partition coefficient (Wildman–Crippen LogP) is 1.87. The van der Waals surface area contributed by atoms with Gasteiger partial charge in [-0.3, -0.25) is 0 Å². The van der Waals surface area contributed by atoms with Gasteiger partial charge in [0, 0.05) is 24.7 Å². The minimum absolute atomic E-state index is 0.676. The maximum atomic E-state index is 5.77. The summed E-state index contributed by atoms with van der Waals surface area (Å²) in [6, 6.07) is 7.41. The van der Waals surface area contributed by atoms with Crippen molar-refractivity contribution in [2.45, 2.75) is 0 Å². The minimum atomic E-state index is 0.676. The van der Waals surface area contributed by atoms with E-state index in [9.17, 15) is 0 Å². The fourth-order valence-electron chi connectivity index (χ4n) is 1.20. The molecule has 0 aliphatic rings. The first-order chi connectivity index (χ1) is 7.68. The first-order valence-electron chi connectivity index (χ1n) is 5.42. The molecule has 1 aromatic rings. The second-order valence-electron chi connectivity index (χ2n) is 3.86. The van der Waals surface area contributed by atoms with Crippen molar-refractivity contribution in [2.24, 2.45) is 0 Å². The Morgan fingerprint density at radius 2 is 1.88 bits per heavy atom. The number of hydrogen-bond donors (Lipinski definition) is 1. The van der Waals surface area contributed by atoms with Crippen molar-refractivity contribution < 1.29 is 4.74 Å². The van der Waals surface area contributed by atoms with Crippen molar-refractivity contribution >= 4 is 11.6 Å². The lowest BCUT2D eigenvalue weighted by molar-refractivity contribution is 0.308. The molecule has 0 heterocycles. The van der Waals surface area contributed by atoms with Gasteiger partial charge in [0.2, 0.25) is 0 Å². The summed E-state index contributed by atoms with van der Waals surface area (Å²) >= 11 is 5.77. The molecule has 0 saturated carbocycles. The molecule has 3 nitrogen and oxygen atoms in total. The monoisotopic (exact) mass is 242 g/mol. The van der Waals surface area contributed by atoms with Crippen LogP contribution in [0, 0.1) is 0 Å². The average molecular weight is 243 g/mol. The van der Waals surface area contributed by atoms with E-state index in [4.69, 9.17) is 16.3 Å². The van der Waals surface area contributed by atoms with Crippen LogP contribution in [0.15, 0.2) is 24.3 Å². The first kappa shape index (κ1) is 13.3. The Bertz CT molecular complexity index is 288. The van der Waals surface area contributed by atoms with Gasteiger partial charge in [-0.2, -0.15) is 0 Å². The molecule has 0 aliphatic carbocycles. The van der Waals surface area contributed by atoms with Gasteiger partial charge in [-0.05, 0) is 38.4 Å². The molecule has 0 atom stereocenters. The van der Waals surface area contributed by atoms with Crippen LogP contribution in [0.2, 0.25) is 5.02 Å². The smallest absolute Gasteiger partial charge is 0.119 e. The number of benzene rings is 1. The topological polar surface area (TPSA) is 24.5 Å².